The molecule has 0 fully saturated rings. The normalized spacial score (nSPS) is 10.3. The summed E-state index contributed by atoms with van der Waals surface area (Å²) in [6.45, 7) is 2.19. The Morgan fingerprint density at radius 1 is 1.69 bits per heavy atom. The summed E-state index contributed by atoms with van der Waals surface area (Å²) in [4.78, 5) is 10.9. The smallest absolute Gasteiger partial charge is 0.306 e. The molecule has 1 aromatic heterocycles. The number of carbonyl (C=O) groups is 1. The van der Waals surface area contributed by atoms with Crippen molar-refractivity contribution in [1.29, 1.82) is 0 Å². The molecule has 16 heavy (non-hydrogen) atoms. The summed E-state index contributed by atoms with van der Waals surface area (Å²) in [5.41, 5.74) is 2.69. The lowest BCUT2D eigenvalue weighted by atomic mass is 10.3. The minimum atomic E-state index is -0.214. The molecule has 0 aliphatic heterocycles. The number of rotatable bonds is 6. The first-order chi connectivity index (χ1) is 7.83. The molecule has 0 saturated heterocycles. The number of hydrogen-bond acceptors (Lipinski definition) is 6. The molecule has 1 aromatic rings. The molecule has 1 N–H and O–H groups in total. The summed E-state index contributed by atoms with van der Waals surface area (Å²) in [6.07, 6.45) is 4.05. The third-order valence-corrected chi connectivity index (χ3v) is 1.63. The van der Waals surface area contributed by atoms with Crippen molar-refractivity contribution in [1.82, 2.24) is 10.2 Å². The average Bonchev–Trinajstić information content (AvgIpc) is 2.30. The lowest BCUT2D eigenvalue weighted by Crippen LogP contribution is -2.03. The van der Waals surface area contributed by atoms with Crippen LogP contribution in [0, 0.1) is 0 Å². The molecule has 0 spiro atoms. The predicted molar refractivity (Wildman–Crippen MR) is 60.0 cm³/mol. The molecule has 0 amide bonds. The number of ether oxygens (including phenoxy) is 1. The van der Waals surface area contributed by atoms with E-state index in [1.807, 2.05) is 0 Å². The lowest BCUT2D eigenvalue weighted by Gasteiger charge is -1.98. The van der Waals surface area contributed by atoms with Gasteiger partial charge in [0.15, 0.2) is 5.82 Å². The molecule has 6 heteroatoms. The predicted octanol–water partition coefficient (Wildman–Crippen LogP) is 1.22. The lowest BCUT2D eigenvalue weighted by molar-refractivity contribution is -0.142. The number of nitrogens with zero attached hydrogens (tertiary/aromatic N) is 3. The van der Waals surface area contributed by atoms with Gasteiger partial charge < -0.3 is 4.74 Å². The van der Waals surface area contributed by atoms with Gasteiger partial charge in [-0.05, 0) is 25.5 Å². The Balaban J connectivity index is 2.16. The van der Waals surface area contributed by atoms with E-state index >= 15 is 0 Å². The van der Waals surface area contributed by atoms with Crippen molar-refractivity contribution >= 4 is 18.0 Å². The summed E-state index contributed by atoms with van der Waals surface area (Å²) >= 11 is 0. The number of nitrogens with one attached hydrogen (secondary N) is 1. The molecule has 0 atom stereocenters. The SMILES string of the molecule is CCOC(=O)CCC=NNc1cccnn1. The molecule has 0 saturated carbocycles. The van der Waals surface area contributed by atoms with Crippen LogP contribution < -0.4 is 5.43 Å². The van der Waals surface area contributed by atoms with Crippen molar-refractivity contribution < 1.29 is 9.53 Å². The maximum Gasteiger partial charge on any atom is 0.306 e. The van der Waals surface area contributed by atoms with Crippen LogP contribution in [0.25, 0.3) is 0 Å². The number of anilines is 1. The van der Waals surface area contributed by atoms with Crippen molar-refractivity contribution in [3.05, 3.63) is 18.3 Å². The first-order valence-corrected chi connectivity index (χ1v) is 5.03. The first-order valence-electron chi connectivity index (χ1n) is 5.03. The zero-order chi connectivity index (χ0) is 11.6. The highest BCUT2D eigenvalue weighted by atomic mass is 16.5. The van der Waals surface area contributed by atoms with Gasteiger partial charge in [-0.1, -0.05) is 0 Å². The Hall–Kier alpha value is -1.98. The Bertz CT molecular complexity index is 340. The second-order valence-electron chi connectivity index (χ2n) is 2.88. The van der Waals surface area contributed by atoms with Gasteiger partial charge in [-0.3, -0.25) is 10.2 Å². The zero-order valence-electron chi connectivity index (χ0n) is 9.09. The molecular formula is C10H14N4O2. The van der Waals surface area contributed by atoms with E-state index in [0.717, 1.165) is 0 Å². The van der Waals surface area contributed by atoms with Crippen LogP contribution in [0.2, 0.25) is 0 Å². The third kappa shape index (κ3) is 5.04. The summed E-state index contributed by atoms with van der Waals surface area (Å²) < 4.78 is 4.76. The summed E-state index contributed by atoms with van der Waals surface area (Å²) in [6, 6.07) is 3.50. The first kappa shape index (κ1) is 12.1. The monoisotopic (exact) mass is 222 g/mol. The van der Waals surface area contributed by atoms with Crippen LogP contribution in [0.5, 0.6) is 0 Å². The van der Waals surface area contributed by atoms with Crippen LogP contribution in [0.15, 0.2) is 23.4 Å². The summed E-state index contributed by atoms with van der Waals surface area (Å²) in [7, 11) is 0. The molecule has 0 aliphatic rings. The molecule has 86 valence electrons. The quantitative estimate of drug-likeness (QED) is 0.445. The van der Waals surface area contributed by atoms with E-state index in [0.29, 0.717) is 25.3 Å². The fourth-order valence-corrected chi connectivity index (χ4v) is 0.953. The Kier molecular flexibility index (Phi) is 5.54. The maximum atomic E-state index is 10.9. The van der Waals surface area contributed by atoms with Gasteiger partial charge in [-0.15, -0.1) is 5.10 Å². The van der Waals surface area contributed by atoms with Gasteiger partial charge in [0.2, 0.25) is 0 Å². The number of hydrogen-bond donors (Lipinski definition) is 1. The van der Waals surface area contributed by atoms with E-state index in [9.17, 15) is 4.79 Å². The molecule has 0 aliphatic carbocycles. The molecule has 0 aromatic carbocycles. The molecular weight excluding hydrogens is 208 g/mol. The second-order valence-corrected chi connectivity index (χ2v) is 2.88. The van der Waals surface area contributed by atoms with Crippen molar-refractivity contribution in [2.24, 2.45) is 5.10 Å². The standard InChI is InChI=1S/C10H14N4O2/c1-2-16-10(15)6-4-8-12-14-9-5-3-7-11-13-9/h3,5,7-8H,2,4,6H2,1H3,(H,13,14). The van der Waals surface area contributed by atoms with E-state index in [-0.39, 0.29) is 5.97 Å². The molecule has 0 bridgehead atoms. The van der Waals surface area contributed by atoms with Gasteiger partial charge in [0.1, 0.15) is 0 Å². The highest BCUT2D eigenvalue weighted by Crippen LogP contribution is 1.97. The van der Waals surface area contributed by atoms with Gasteiger partial charge >= 0.3 is 5.97 Å². The topological polar surface area (TPSA) is 76.5 Å². The van der Waals surface area contributed by atoms with Gasteiger partial charge in [-0.2, -0.15) is 10.2 Å². The van der Waals surface area contributed by atoms with Crippen LogP contribution in [-0.2, 0) is 9.53 Å². The minimum absolute atomic E-state index is 0.214. The second kappa shape index (κ2) is 7.33. The average molecular weight is 222 g/mol. The number of hydrazone groups is 1. The van der Waals surface area contributed by atoms with E-state index in [1.54, 1.807) is 31.5 Å². The Labute approximate surface area is 93.7 Å². The fourth-order valence-electron chi connectivity index (χ4n) is 0.953. The molecule has 1 rings (SSSR count). The third-order valence-electron chi connectivity index (χ3n) is 1.63. The van der Waals surface area contributed by atoms with E-state index < -0.39 is 0 Å². The highest BCUT2D eigenvalue weighted by Gasteiger charge is 1.98. The van der Waals surface area contributed by atoms with Gasteiger partial charge in [-0.25, -0.2) is 0 Å². The van der Waals surface area contributed by atoms with Crippen molar-refractivity contribution in [3.8, 4) is 0 Å². The van der Waals surface area contributed by atoms with Gasteiger partial charge in [0.25, 0.3) is 0 Å². The fraction of sp³-hybridized carbons (Fsp3) is 0.400. The van der Waals surface area contributed by atoms with Crippen LogP contribution in [0.4, 0.5) is 5.82 Å². The van der Waals surface area contributed by atoms with Crippen molar-refractivity contribution in [2.45, 2.75) is 19.8 Å². The van der Waals surface area contributed by atoms with Gasteiger partial charge in [0, 0.05) is 12.4 Å². The molecule has 1 heterocycles. The van der Waals surface area contributed by atoms with Crippen molar-refractivity contribution in [2.75, 3.05) is 12.0 Å². The summed E-state index contributed by atoms with van der Waals surface area (Å²) in [5, 5.41) is 11.3. The van der Waals surface area contributed by atoms with E-state index in [1.165, 1.54) is 0 Å². The van der Waals surface area contributed by atoms with Crippen LogP contribution >= 0.6 is 0 Å². The minimum Gasteiger partial charge on any atom is -0.466 e. The van der Waals surface area contributed by atoms with Crippen LogP contribution in [0.3, 0.4) is 0 Å². The molecule has 0 unspecified atom stereocenters. The van der Waals surface area contributed by atoms with E-state index in [4.69, 9.17) is 4.74 Å². The van der Waals surface area contributed by atoms with Crippen LogP contribution in [0.1, 0.15) is 19.8 Å². The number of esters is 1. The zero-order valence-corrected chi connectivity index (χ0v) is 9.09. The van der Waals surface area contributed by atoms with Crippen molar-refractivity contribution in [3.63, 3.8) is 0 Å². The van der Waals surface area contributed by atoms with Gasteiger partial charge in [0.05, 0.1) is 13.0 Å². The molecule has 0 radical (unpaired) electrons. The number of aromatic nitrogens is 2. The Morgan fingerprint density at radius 2 is 2.56 bits per heavy atom. The highest BCUT2D eigenvalue weighted by molar-refractivity contribution is 5.73. The maximum absolute atomic E-state index is 10.9. The van der Waals surface area contributed by atoms with Crippen LogP contribution in [-0.4, -0.2) is 29.0 Å². The largest absolute Gasteiger partial charge is 0.466 e. The van der Waals surface area contributed by atoms with E-state index in [2.05, 4.69) is 20.7 Å². The number of carbonyl (C=O) groups excluding carboxylic acids is 1. The molecule has 6 nitrogen and oxygen atoms in total. The Morgan fingerprint density at radius 3 is 3.25 bits per heavy atom. The summed E-state index contributed by atoms with van der Waals surface area (Å²) in [5.74, 6) is 0.350.